The lowest BCUT2D eigenvalue weighted by molar-refractivity contribution is 0.463. The number of aromatic nitrogens is 2. The Balaban J connectivity index is 1.86. The van der Waals surface area contributed by atoms with Crippen molar-refractivity contribution >= 4 is 17.3 Å². The first-order valence-electron chi connectivity index (χ1n) is 7.62. The van der Waals surface area contributed by atoms with Gasteiger partial charge in [0.1, 0.15) is 10.8 Å². The molecule has 2 heterocycles. The highest BCUT2D eigenvalue weighted by Crippen LogP contribution is 2.23. The average molecular weight is 335 g/mol. The maximum atomic E-state index is 5.55. The van der Waals surface area contributed by atoms with Crippen molar-refractivity contribution in [2.45, 2.75) is 53.1 Å². The highest BCUT2D eigenvalue weighted by Gasteiger charge is 2.17. The van der Waals surface area contributed by atoms with Crippen LogP contribution < -0.4 is 10.6 Å². The van der Waals surface area contributed by atoms with Crippen molar-refractivity contribution in [2.24, 2.45) is 4.99 Å². The predicted octanol–water partition coefficient (Wildman–Crippen LogP) is 2.91. The Labute approximate surface area is 141 Å². The smallest absolute Gasteiger partial charge is 0.214 e. The van der Waals surface area contributed by atoms with Crippen molar-refractivity contribution in [1.29, 1.82) is 0 Å². The summed E-state index contributed by atoms with van der Waals surface area (Å²) in [6.07, 6.45) is 0. The molecule has 23 heavy (non-hydrogen) atoms. The van der Waals surface area contributed by atoms with Crippen LogP contribution in [0.3, 0.4) is 0 Å². The molecule has 6 nitrogen and oxygen atoms in total. The van der Waals surface area contributed by atoms with Crippen molar-refractivity contribution in [3.05, 3.63) is 33.4 Å². The molecule has 126 valence electrons. The molecule has 0 amide bonds. The third-order valence-corrected chi connectivity index (χ3v) is 4.28. The number of aryl methyl sites for hydroxylation is 2. The lowest BCUT2D eigenvalue weighted by atomic mass is 9.93. The zero-order valence-corrected chi connectivity index (χ0v) is 15.5. The van der Waals surface area contributed by atoms with Crippen LogP contribution >= 0.6 is 11.3 Å². The van der Waals surface area contributed by atoms with Gasteiger partial charge in [0.05, 0.1) is 24.5 Å². The molecule has 0 aromatic carbocycles. The second-order valence-electron chi connectivity index (χ2n) is 6.41. The molecule has 7 heteroatoms. The number of aliphatic imine (C=N–C) groups is 1. The summed E-state index contributed by atoms with van der Waals surface area (Å²) in [6.45, 7) is 11.5. The maximum Gasteiger partial charge on any atom is 0.214 e. The summed E-state index contributed by atoms with van der Waals surface area (Å²) >= 11 is 1.66. The van der Waals surface area contributed by atoms with Gasteiger partial charge in [-0.25, -0.2) is 9.97 Å². The number of rotatable bonds is 4. The zero-order chi connectivity index (χ0) is 17.0. The normalized spacial score (nSPS) is 12.5. The van der Waals surface area contributed by atoms with Crippen molar-refractivity contribution in [1.82, 2.24) is 20.6 Å². The van der Waals surface area contributed by atoms with Crippen LogP contribution in [0.2, 0.25) is 0 Å². The van der Waals surface area contributed by atoms with E-state index in [1.165, 1.54) is 0 Å². The zero-order valence-electron chi connectivity index (χ0n) is 14.6. The van der Waals surface area contributed by atoms with E-state index < -0.39 is 0 Å². The molecule has 0 saturated heterocycles. The summed E-state index contributed by atoms with van der Waals surface area (Å²) in [4.78, 5) is 13.2. The molecule has 0 aliphatic heterocycles. The lowest BCUT2D eigenvalue weighted by Gasteiger charge is -2.14. The summed E-state index contributed by atoms with van der Waals surface area (Å²) in [7, 11) is 1.74. The highest BCUT2D eigenvalue weighted by molar-refractivity contribution is 7.09. The number of hydrogen-bond acceptors (Lipinski definition) is 5. The minimum atomic E-state index is 0.0787. The molecule has 0 radical (unpaired) electrons. The highest BCUT2D eigenvalue weighted by atomic mass is 32.1. The molecule has 0 atom stereocenters. The Hall–Kier alpha value is -1.89. The number of oxazole rings is 1. The predicted molar refractivity (Wildman–Crippen MR) is 93.8 cm³/mol. The van der Waals surface area contributed by atoms with Crippen LogP contribution in [0.5, 0.6) is 0 Å². The van der Waals surface area contributed by atoms with Gasteiger partial charge in [-0.2, -0.15) is 0 Å². The van der Waals surface area contributed by atoms with Gasteiger partial charge in [-0.1, -0.05) is 20.8 Å². The molecule has 0 bridgehead atoms. The second kappa shape index (κ2) is 7.12. The summed E-state index contributed by atoms with van der Waals surface area (Å²) in [5.74, 6) is 2.21. The Kier molecular flexibility index (Phi) is 5.41. The minimum Gasteiger partial charge on any atom is -0.444 e. The number of nitrogens with one attached hydrogen (secondary N) is 2. The van der Waals surface area contributed by atoms with E-state index >= 15 is 0 Å². The molecule has 2 N–H and O–H groups in total. The van der Waals surface area contributed by atoms with E-state index in [1.807, 2.05) is 13.8 Å². The van der Waals surface area contributed by atoms with E-state index in [9.17, 15) is 0 Å². The molecule has 2 aromatic rings. The van der Waals surface area contributed by atoms with E-state index in [4.69, 9.17) is 4.42 Å². The summed E-state index contributed by atoms with van der Waals surface area (Å²) in [5, 5.41) is 9.61. The molecule has 0 aliphatic rings. The van der Waals surface area contributed by atoms with E-state index in [1.54, 1.807) is 18.4 Å². The van der Waals surface area contributed by atoms with Gasteiger partial charge in [-0.05, 0) is 13.8 Å². The van der Waals surface area contributed by atoms with Gasteiger partial charge >= 0.3 is 0 Å². The molecular weight excluding hydrogens is 310 g/mol. The van der Waals surface area contributed by atoms with Crippen LogP contribution in [-0.4, -0.2) is 23.0 Å². The van der Waals surface area contributed by atoms with Crippen LogP contribution in [0.15, 0.2) is 14.8 Å². The van der Waals surface area contributed by atoms with E-state index in [2.05, 4.69) is 51.7 Å². The number of guanidine groups is 1. The van der Waals surface area contributed by atoms with E-state index in [-0.39, 0.29) is 5.41 Å². The van der Waals surface area contributed by atoms with Crippen LogP contribution in [0, 0.1) is 13.8 Å². The fraction of sp³-hybridized carbons (Fsp3) is 0.562. The average Bonchev–Trinajstić information content (AvgIpc) is 3.06. The first kappa shape index (κ1) is 17.5. The number of thiazole rings is 1. The fourth-order valence-electron chi connectivity index (χ4n) is 1.89. The van der Waals surface area contributed by atoms with Gasteiger partial charge in [0, 0.05) is 17.8 Å². The fourth-order valence-corrected chi connectivity index (χ4v) is 2.85. The van der Waals surface area contributed by atoms with E-state index in [0.717, 1.165) is 22.2 Å². The van der Waals surface area contributed by atoms with Crippen LogP contribution in [0.25, 0.3) is 0 Å². The monoisotopic (exact) mass is 335 g/mol. The number of hydrogen-bond donors (Lipinski definition) is 2. The SMILES string of the molecule is CN=C(NCc1nc(C)c(C)o1)NCc1nc(C(C)(C)C)cs1. The third kappa shape index (κ3) is 4.79. The van der Waals surface area contributed by atoms with Crippen molar-refractivity contribution < 1.29 is 4.42 Å². The van der Waals surface area contributed by atoms with Crippen LogP contribution in [-0.2, 0) is 18.5 Å². The molecule has 0 fully saturated rings. The molecule has 0 unspecified atom stereocenters. The summed E-state index contributed by atoms with van der Waals surface area (Å²) in [6, 6.07) is 0. The molecular formula is C16H25N5OS. The molecule has 2 aromatic heterocycles. The summed E-state index contributed by atoms with van der Waals surface area (Å²) in [5.41, 5.74) is 2.12. The van der Waals surface area contributed by atoms with Crippen molar-refractivity contribution in [3.8, 4) is 0 Å². The third-order valence-electron chi connectivity index (χ3n) is 3.43. The Morgan fingerprint density at radius 2 is 1.91 bits per heavy atom. The first-order valence-corrected chi connectivity index (χ1v) is 8.50. The second-order valence-corrected chi connectivity index (χ2v) is 7.35. The van der Waals surface area contributed by atoms with Gasteiger partial charge in [0.2, 0.25) is 5.89 Å². The largest absolute Gasteiger partial charge is 0.444 e. The Morgan fingerprint density at radius 3 is 2.43 bits per heavy atom. The standard InChI is InChI=1S/C16H25N5OS/c1-10-11(2)22-13(20-10)7-18-15(17-6)19-8-14-21-12(9-23-14)16(3,4)5/h9H,7-8H2,1-6H3,(H2,17,18,19). The quantitative estimate of drug-likeness (QED) is 0.664. The van der Waals surface area contributed by atoms with Gasteiger partial charge in [0.25, 0.3) is 0 Å². The van der Waals surface area contributed by atoms with Crippen LogP contribution in [0.4, 0.5) is 0 Å². The van der Waals surface area contributed by atoms with Gasteiger partial charge in [0.15, 0.2) is 5.96 Å². The van der Waals surface area contributed by atoms with Crippen LogP contribution in [0.1, 0.15) is 48.8 Å². The van der Waals surface area contributed by atoms with Crippen molar-refractivity contribution in [2.75, 3.05) is 7.05 Å². The Bertz CT molecular complexity index is 661. The molecule has 0 spiro atoms. The first-order chi connectivity index (χ1) is 10.8. The Morgan fingerprint density at radius 1 is 1.22 bits per heavy atom. The minimum absolute atomic E-state index is 0.0787. The van der Waals surface area contributed by atoms with Gasteiger partial charge < -0.3 is 15.1 Å². The van der Waals surface area contributed by atoms with Gasteiger partial charge in [-0.3, -0.25) is 4.99 Å². The molecule has 0 aliphatic carbocycles. The topological polar surface area (TPSA) is 75.3 Å². The molecule has 2 rings (SSSR count). The van der Waals surface area contributed by atoms with Gasteiger partial charge in [-0.15, -0.1) is 11.3 Å². The summed E-state index contributed by atoms with van der Waals surface area (Å²) < 4.78 is 5.55. The number of nitrogens with zero attached hydrogens (tertiary/aromatic N) is 3. The lowest BCUT2D eigenvalue weighted by Crippen LogP contribution is -2.36. The molecule has 0 saturated carbocycles. The van der Waals surface area contributed by atoms with E-state index in [0.29, 0.717) is 24.9 Å². The van der Waals surface area contributed by atoms with Crippen molar-refractivity contribution in [3.63, 3.8) is 0 Å². The maximum absolute atomic E-state index is 5.55.